The van der Waals surface area contributed by atoms with Gasteiger partial charge in [0.1, 0.15) is 12.6 Å². The number of hydrogen-bond donors (Lipinski definition) is 4. The van der Waals surface area contributed by atoms with Crippen molar-refractivity contribution in [2.45, 2.75) is 44.4 Å². The molecule has 0 heterocycles. The Hall–Kier alpha value is -3.05. The Kier molecular flexibility index (Phi) is 10.0. The molecule has 1 rings (SSSR count). The van der Waals surface area contributed by atoms with Gasteiger partial charge in [0.25, 0.3) is 0 Å². The molecule has 0 radical (unpaired) electrons. The second kappa shape index (κ2) is 12.3. The molecule has 27 heavy (non-hydrogen) atoms. The first-order valence-corrected chi connectivity index (χ1v) is 8.50. The van der Waals surface area contributed by atoms with Gasteiger partial charge < -0.3 is 25.6 Å². The van der Waals surface area contributed by atoms with E-state index in [2.05, 4.69) is 16.6 Å². The molecule has 8 nitrogen and oxygen atoms in total. The zero-order valence-corrected chi connectivity index (χ0v) is 14.9. The molecule has 2 amide bonds. The van der Waals surface area contributed by atoms with Crippen molar-refractivity contribution in [1.82, 2.24) is 10.6 Å². The highest BCUT2D eigenvalue weighted by molar-refractivity contribution is 5.83. The first kappa shape index (κ1) is 22.0. The SMILES string of the molecule is C#CCCC[C@H](NC(=O)C[C@H](O)CNC(=O)OCc1ccccc1)C(=O)O. The molecular weight excluding hydrogens is 352 g/mol. The molecular formula is C19H24N2O6. The zero-order chi connectivity index (χ0) is 20.1. The standard InChI is InChI=1S/C19H24N2O6/c1-2-3-5-10-16(18(24)25)21-17(23)11-15(22)12-20-19(26)27-13-14-8-6-4-7-9-14/h1,4,6-9,15-16,22H,3,5,10-13H2,(H,20,26)(H,21,23)(H,24,25)/t15-,16-/m0/s1. The molecule has 0 unspecified atom stereocenters. The summed E-state index contributed by atoms with van der Waals surface area (Å²) in [6.07, 6.45) is 3.94. The summed E-state index contributed by atoms with van der Waals surface area (Å²) in [5, 5.41) is 23.6. The fourth-order valence-electron chi connectivity index (χ4n) is 2.18. The van der Waals surface area contributed by atoms with Crippen molar-refractivity contribution in [2.75, 3.05) is 6.54 Å². The molecule has 4 N–H and O–H groups in total. The summed E-state index contributed by atoms with van der Waals surface area (Å²) in [4.78, 5) is 34.5. The van der Waals surface area contributed by atoms with Crippen LogP contribution >= 0.6 is 0 Å². The second-order valence-electron chi connectivity index (χ2n) is 5.86. The van der Waals surface area contributed by atoms with Crippen molar-refractivity contribution < 1.29 is 29.3 Å². The Labute approximate surface area is 157 Å². The molecule has 0 aromatic heterocycles. The lowest BCUT2D eigenvalue weighted by Gasteiger charge is -2.16. The summed E-state index contributed by atoms with van der Waals surface area (Å²) in [7, 11) is 0. The third-order valence-electron chi connectivity index (χ3n) is 3.56. The normalized spacial score (nSPS) is 12.3. The molecule has 2 atom stereocenters. The van der Waals surface area contributed by atoms with Crippen molar-refractivity contribution >= 4 is 18.0 Å². The van der Waals surface area contributed by atoms with E-state index in [0.717, 1.165) is 5.56 Å². The van der Waals surface area contributed by atoms with Gasteiger partial charge in [-0.25, -0.2) is 9.59 Å². The topological polar surface area (TPSA) is 125 Å². The quantitative estimate of drug-likeness (QED) is 0.338. The van der Waals surface area contributed by atoms with Crippen LogP contribution in [0.3, 0.4) is 0 Å². The van der Waals surface area contributed by atoms with Gasteiger partial charge >= 0.3 is 12.1 Å². The first-order valence-electron chi connectivity index (χ1n) is 8.50. The van der Waals surface area contributed by atoms with E-state index in [9.17, 15) is 19.5 Å². The Balaban J connectivity index is 2.28. The number of nitrogens with one attached hydrogen (secondary N) is 2. The number of benzene rings is 1. The molecule has 0 bridgehead atoms. The number of unbranched alkanes of at least 4 members (excludes halogenated alkanes) is 1. The van der Waals surface area contributed by atoms with Crippen molar-refractivity contribution in [2.24, 2.45) is 0 Å². The molecule has 0 saturated heterocycles. The minimum absolute atomic E-state index is 0.0845. The summed E-state index contributed by atoms with van der Waals surface area (Å²) >= 11 is 0. The minimum Gasteiger partial charge on any atom is -0.480 e. The second-order valence-corrected chi connectivity index (χ2v) is 5.86. The molecule has 1 aromatic carbocycles. The van der Waals surface area contributed by atoms with Gasteiger partial charge in [-0.3, -0.25) is 4.79 Å². The summed E-state index contributed by atoms with van der Waals surface area (Å²) in [5.41, 5.74) is 0.817. The highest BCUT2D eigenvalue weighted by atomic mass is 16.5. The number of carboxylic acids is 1. The number of carbonyl (C=O) groups is 3. The van der Waals surface area contributed by atoms with Crippen LogP contribution in [-0.2, 0) is 20.9 Å². The minimum atomic E-state index is -1.17. The van der Waals surface area contributed by atoms with Gasteiger partial charge in [-0.1, -0.05) is 30.3 Å². The van der Waals surface area contributed by atoms with Crippen LogP contribution in [0, 0.1) is 12.3 Å². The number of aliphatic carboxylic acids is 1. The van der Waals surface area contributed by atoms with E-state index < -0.39 is 30.1 Å². The van der Waals surface area contributed by atoms with E-state index in [1.807, 2.05) is 18.2 Å². The van der Waals surface area contributed by atoms with Gasteiger partial charge in [0.05, 0.1) is 12.5 Å². The number of hydrogen-bond acceptors (Lipinski definition) is 5. The van der Waals surface area contributed by atoms with Gasteiger partial charge in [-0.2, -0.15) is 0 Å². The number of rotatable bonds is 11. The molecule has 0 aliphatic heterocycles. The fraction of sp³-hybridized carbons (Fsp3) is 0.421. The Morgan fingerprint density at radius 1 is 1.22 bits per heavy atom. The Morgan fingerprint density at radius 2 is 1.93 bits per heavy atom. The van der Waals surface area contributed by atoms with Crippen molar-refractivity contribution in [1.29, 1.82) is 0 Å². The van der Waals surface area contributed by atoms with Crippen LogP contribution < -0.4 is 10.6 Å². The van der Waals surface area contributed by atoms with Crippen LogP contribution in [0.15, 0.2) is 30.3 Å². The van der Waals surface area contributed by atoms with E-state index in [4.69, 9.17) is 16.3 Å². The van der Waals surface area contributed by atoms with Gasteiger partial charge in [0.2, 0.25) is 5.91 Å². The molecule has 0 saturated carbocycles. The lowest BCUT2D eigenvalue weighted by atomic mass is 10.1. The van der Waals surface area contributed by atoms with Crippen LogP contribution in [0.5, 0.6) is 0 Å². The average Bonchev–Trinajstić information content (AvgIpc) is 2.64. The summed E-state index contributed by atoms with van der Waals surface area (Å²) in [6, 6.07) is 8.01. The molecule has 8 heteroatoms. The van der Waals surface area contributed by atoms with Crippen molar-refractivity contribution in [3.63, 3.8) is 0 Å². The number of carboxylic acid groups (broad SMARTS) is 1. The third-order valence-corrected chi connectivity index (χ3v) is 3.56. The van der Waals surface area contributed by atoms with Gasteiger partial charge in [-0.15, -0.1) is 12.3 Å². The Morgan fingerprint density at radius 3 is 2.56 bits per heavy atom. The lowest BCUT2D eigenvalue weighted by Crippen LogP contribution is -2.43. The number of amides is 2. The van der Waals surface area contributed by atoms with Gasteiger partial charge in [0, 0.05) is 13.0 Å². The fourth-order valence-corrected chi connectivity index (χ4v) is 2.18. The van der Waals surface area contributed by atoms with E-state index in [-0.39, 0.29) is 26.0 Å². The van der Waals surface area contributed by atoms with Crippen LogP contribution in [0.4, 0.5) is 4.79 Å². The maximum atomic E-state index is 11.8. The van der Waals surface area contributed by atoms with Gasteiger partial charge in [-0.05, 0) is 18.4 Å². The number of aliphatic hydroxyl groups excluding tert-OH is 1. The monoisotopic (exact) mass is 376 g/mol. The summed E-state index contributed by atoms with van der Waals surface area (Å²) < 4.78 is 4.98. The van der Waals surface area contributed by atoms with Crippen LogP contribution in [0.2, 0.25) is 0 Å². The number of terminal acetylenes is 1. The molecule has 0 spiro atoms. The van der Waals surface area contributed by atoms with Crippen molar-refractivity contribution in [3.8, 4) is 12.3 Å². The molecule has 1 aromatic rings. The number of carbonyl (C=O) groups excluding carboxylic acids is 2. The maximum absolute atomic E-state index is 11.8. The molecule has 0 fully saturated rings. The average molecular weight is 376 g/mol. The maximum Gasteiger partial charge on any atom is 0.407 e. The highest BCUT2D eigenvalue weighted by Gasteiger charge is 2.21. The summed E-state index contributed by atoms with van der Waals surface area (Å²) in [5.74, 6) is 0.599. The largest absolute Gasteiger partial charge is 0.480 e. The lowest BCUT2D eigenvalue weighted by molar-refractivity contribution is -0.142. The van der Waals surface area contributed by atoms with Crippen LogP contribution in [0.25, 0.3) is 0 Å². The van der Waals surface area contributed by atoms with E-state index >= 15 is 0 Å². The van der Waals surface area contributed by atoms with Crippen LogP contribution in [0.1, 0.15) is 31.2 Å². The first-order chi connectivity index (χ1) is 12.9. The molecule has 0 aliphatic carbocycles. The predicted octanol–water partition coefficient (Wildman–Crippen LogP) is 1.04. The van der Waals surface area contributed by atoms with E-state index in [1.165, 1.54) is 0 Å². The summed E-state index contributed by atoms with van der Waals surface area (Å²) in [6.45, 7) is -0.114. The van der Waals surface area contributed by atoms with Crippen molar-refractivity contribution in [3.05, 3.63) is 35.9 Å². The van der Waals surface area contributed by atoms with Gasteiger partial charge in [0.15, 0.2) is 0 Å². The molecule has 146 valence electrons. The number of aliphatic hydroxyl groups is 1. The van der Waals surface area contributed by atoms with E-state index in [0.29, 0.717) is 12.8 Å². The number of alkyl carbamates (subject to hydrolysis) is 1. The highest BCUT2D eigenvalue weighted by Crippen LogP contribution is 2.03. The predicted molar refractivity (Wildman–Crippen MR) is 97.5 cm³/mol. The van der Waals surface area contributed by atoms with E-state index in [1.54, 1.807) is 12.1 Å². The smallest absolute Gasteiger partial charge is 0.407 e. The number of ether oxygens (including phenoxy) is 1. The molecule has 0 aliphatic rings. The Bertz CT molecular complexity index is 656. The van der Waals surface area contributed by atoms with Crippen LogP contribution in [-0.4, -0.2) is 46.9 Å². The zero-order valence-electron chi connectivity index (χ0n) is 14.9. The third kappa shape index (κ3) is 9.87.